The fourth-order valence-corrected chi connectivity index (χ4v) is 3.33. The molecule has 21 heavy (non-hydrogen) atoms. The third-order valence-electron chi connectivity index (χ3n) is 4.36. The molecule has 3 nitrogen and oxygen atoms in total. The van der Waals surface area contributed by atoms with Crippen molar-refractivity contribution in [2.45, 2.75) is 32.4 Å². The van der Waals surface area contributed by atoms with Gasteiger partial charge in [0.2, 0.25) is 0 Å². The first-order valence-electron chi connectivity index (χ1n) is 7.35. The van der Waals surface area contributed by atoms with Crippen molar-refractivity contribution in [3.8, 4) is 11.5 Å². The monoisotopic (exact) mass is 283 g/mol. The Morgan fingerprint density at radius 1 is 1.24 bits per heavy atom. The van der Waals surface area contributed by atoms with Gasteiger partial charge in [0.15, 0.2) is 0 Å². The van der Waals surface area contributed by atoms with Crippen molar-refractivity contribution < 1.29 is 9.84 Å². The van der Waals surface area contributed by atoms with Gasteiger partial charge in [0.1, 0.15) is 11.5 Å². The summed E-state index contributed by atoms with van der Waals surface area (Å²) in [5.41, 5.74) is 3.58. The molecule has 0 radical (unpaired) electrons. The standard InChI is InChI=1S/C18H21NO2/c1-12-10-14-6-4-5-7-17(14)19(12)13(2)16-9-8-15(21-3)11-18(16)20/h4-9,11-13,20H,10H2,1-3H3. The van der Waals surface area contributed by atoms with Gasteiger partial charge >= 0.3 is 0 Å². The third-order valence-corrected chi connectivity index (χ3v) is 4.36. The lowest BCUT2D eigenvalue weighted by molar-refractivity contribution is 0.405. The first kappa shape index (κ1) is 13.8. The molecule has 0 aromatic heterocycles. The number of hydrogen-bond acceptors (Lipinski definition) is 3. The Morgan fingerprint density at radius 2 is 2.00 bits per heavy atom. The van der Waals surface area contributed by atoms with Gasteiger partial charge in [-0.2, -0.15) is 0 Å². The summed E-state index contributed by atoms with van der Waals surface area (Å²) in [5, 5.41) is 10.3. The van der Waals surface area contributed by atoms with E-state index in [1.54, 1.807) is 13.2 Å². The summed E-state index contributed by atoms with van der Waals surface area (Å²) >= 11 is 0. The highest BCUT2D eigenvalue weighted by Gasteiger charge is 2.30. The molecule has 2 atom stereocenters. The first-order valence-corrected chi connectivity index (χ1v) is 7.35. The van der Waals surface area contributed by atoms with Crippen LogP contribution in [-0.2, 0) is 6.42 Å². The molecule has 1 N–H and O–H groups in total. The molecule has 2 aromatic rings. The van der Waals surface area contributed by atoms with Crippen LogP contribution < -0.4 is 9.64 Å². The van der Waals surface area contributed by atoms with Crippen molar-refractivity contribution in [3.63, 3.8) is 0 Å². The molecule has 0 spiro atoms. The van der Waals surface area contributed by atoms with E-state index in [4.69, 9.17) is 4.74 Å². The van der Waals surface area contributed by atoms with E-state index in [1.807, 2.05) is 12.1 Å². The van der Waals surface area contributed by atoms with Gasteiger partial charge in [0.25, 0.3) is 0 Å². The van der Waals surface area contributed by atoms with Crippen LogP contribution in [0.15, 0.2) is 42.5 Å². The van der Waals surface area contributed by atoms with Crippen LogP contribution in [0.5, 0.6) is 11.5 Å². The smallest absolute Gasteiger partial charge is 0.124 e. The van der Waals surface area contributed by atoms with E-state index >= 15 is 0 Å². The van der Waals surface area contributed by atoms with Crippen molar-refractivity contribution in [1.82, 2.24) is 0 Å². The average Bonchev–Trinajstić information content (AvgIpc) is 2.82. The SMILES string of the molecule is COc1ccc(C(C)N2c3ccccc3CC2C)c(O)c1. The number of aromatic hydroxyl groups is 1. The average molecular weight is 283 g/mol. The van der Waals surface area contributed by atoms with Crippen molar-refractivity contribution in [2.24, 2.45) is 0 Å². The molecule has 1 aliphatic heterocycles. The van der Waals surface area contributed by atoms with Crippen molar-refractivity contribution in [2.75, 3.05) is 12.0 Å². The Hall–Kier alpha value is -2.16. The molecule has 0 amide bonds. The highest BCUT2D eigenvalue weighted by atomic mass is 16.5. The maximum Gasteiger partial charge on any atom is 0.124 e. The van der Waals surface area contributed by atoms with E-state index in [2.05, 4.69) is 43.0 Å². The molecule has 0 saturated carbocycles. The van der Waals surface area contributed by atoms with E-state index in [0.29, 0.717) is 17.5 Å². The molecule has 0 bridgehead atoms. The minimum Gasteiger partial charge on any atom is -0.507 e. The Balaban J connectivity index is 1.97. The van der Waals surface area contributed by atoms with Crippen molar-refractivity contribution in [3.05, 3.63) is 53.6 Å². The predicted octanol–water partition coefficient (Wildman–Crippen LogP) is 3.91. The first-order chi connectivity index (χ1) is 10.1. The highest BCUT2D eigenvalue weighted by Crippen LogP contribution is 2.41. The van der Waals surface area contributed by atoms with Crippen LogP contribution in [0.2, 0.25) is 0 Å². The topological polar surface area (TPSA) is 32.7 Å². The molecule has 0 fully saturated rings. The minimum absolute atomic E-state index is 0.120. The number of fused-ring (bicyclic) bond motifs is 1. The number of hydrogen-bond donors (Lipinski definition) is 1. The van der Waals surface area contributed by atoms with Gasteiger partial charge in [-0.1, -0.05) is 18.2 Å². The maximum absolute atomic E-state index is 10.3. The van der Waals surface area contributed by atoms with Gasteiger partial charge in [-0.05, 0) is 44.0 Å². The zero-order valence-corrected chi connectivity index (χ0v) is 12.7. The van der Waals surface area contributed by atoms with Gasteiger partial charge in [-0.15, -0.1) is 0 Å². The van der Waals surface area contributed by atoms with E-state index in [1.165, 1.54) is 11.3 Å². The number of methoxy groups -OCH3 is 1. The zero-order valence-electron chi connectivity index (χ0n) is 12.7. The summed E-state index contributed by atoms with van der Waals surface area (Å²) < 4.78 is 5.16. The maximum atomic E-state index is 10.3. The highest BCUT2D eigenvalue weighted by molar-refractivity contribution is 5.61. The van der Waals surface area contributed by atoms with E-state index in [9.17, 15) is 5.11 Å². The second-order valence-corrected chi connectivity index (χ2v) is 5.69. The molecule has 0 saturated heterocycles. The van der Waals surface area contributed by atoms with E-state index in [-0.39, 0.29) is 6.04 Å². The number of phenolic OH excluding ortho intramolecular Hbond substituents is 1. The number of ether oxygens (including phenoxy) is 1. The zero-order chi connectivity index (χ0) is 15.0. The summed E-state index contributed by atoms with van der Waals surface area (Å²) in [6.07, 6.45) is 1.05. The molecule has 110 valence electrons. The van der Waals surface area contributed by atoms with Crippen LogP contribution >= 0.6 is 0 Å². The van der Waals surface area contributed by atoms with Gasteiger partial charge in [0, 0.05) is 23.4 Å². The van der Waals surface area contributed by atoms with Crippen molar-refractivity contribution in [1.29, 1.82) is 0 Å². The molecular weight excluding hydrogens is 262 g/mol. The number of anilines is 1. The Bertz CT molecular complexity index is 653. The van der Waals surface area contributed by atoms with E-state index < -0.39 is 0 Å². The number of nitrogens with zero attached hydrogens (tertiary/aromatic N) is 1. The van der Waals surface area contributed by atoms with Crippen LogP contribution in [-0.4, -0.2) is 18.3 Å². The fourth-order valence-electron chi connectivity index (χ4n) is 3.33. The summed E-state index contributed by atoms with van der Waals surface area (Å²) in [6.45, 7) is 4.37. The molecule has 1 aliphatic rings. The Morgan fingerprint density at radius 3 is 2.71 bits per heavy atom. The second kappa shape index (κ2) is 5.32. The molecular formula is C18H21NO2. The van der Waals surface area contributed by atoms with Gasteiger partial charge in [-0.25, -0.2) is 0 Å². The molecule has 2 aromatic carbocycles. The van der Waals surface area contributed by atoms with Crippen molar-refractivity contribution >= 4 is 5.69 Å². The fraction of sp³-hybridized carbons (Fsp3) is 0.333. The summed E-state index contributed by atoms with van der Waals surface area (Å²) in [4.78, 5) is 2.39. The summed E-state index contributed by atoms with van der Waals surface area (Å²) in [6, 6.07) is 14.6. The van der Waals surface area contributed by atoms with Gasteiger partial charge in [0.05, 0.1) is 13.2 Å². The Labute approximate surface area is 125 Å². The summed E-state index contributed by atoms with van der Waals surface area (Å²) in [7, 11) is 1.61. The predicted molar refractivity (Wildman–Crippen MR) is 85.2 cm³/mol. The van der Waals surface area contributed by atoms with Crippen LogP contribution in [0.25, 0.3) is 0 Å². The second-order valence-electron chi connectivity index (χ2n) is 5.69. The molecule has 0 aliphatic carbocycles. The van der Waals surface area contributed by atoms with E-state index in [0.717, 1.165) is 12.0 Å². The van der Waals surface area contributed by atoms with Crippen LogP contribution in [0.4, 0.5) is 5.69 Å². The lowest BCUT2D eigenvalue weighted by Gasteiger charge is -2.32. The third kappa shape index (κ3) is 2.33. The molecule has 3 rings (SSSR count). The summed E-state index contributed by atoms with van der Waals surface area (Å²) in [5.74, 6) is 0.969. The number of phenols is 1. The van der Waals surface area contributed by atoms with Gasteiger partial charge < -0.3 is 14.7 Å². The quantitative estimate of drug-likeness (QED) is 0.927. The van der Waals surface area contributed by atoms with Crippen LogP contribution in [0.1, 0.15) is 31.0 Å². The number of para-hydroxylation sites is 1. The molecule has 3 heteroatoms. The lowest BCUT2D eigenvalue weighted by Crippen LogP contribution is -2.32. The lowest BCUT2D eigenvalue weighted by atomic mass is 10.0. The Kier molecular flexibility index (Phi) is 3.50. The number of rotatable bonds is 3. The largest absolute Gasteiger partial charge is 0.507 e. The van der Waals surface area contributed by atoms with Gasteiger partial charge in [-0.3, -0.25) is 0 Å². The molecule has 1 heterocycles. The number of benzene rings is 2. The molecule has 2 unspecified atom stereocenters. The normalized spacial score (nSPS) is 18.4. The minimum atomic E-state index is 0.120. The van der Waals surface area contributed by atoms with Crippen LogP contribution in [0.3, 0.4) is 0 Å². The van der Waals surface area contributed by atoms with Crippen LogP contribution in [0, 0.1) is 0 Å².